The predicted molar refractivity (Wildman–Crippen MR) is 59.2 cm³/mol. The van der Waals surface area contributed by atoms with Crippen LogP contribution in [-0.4, -0.2) is 26.7 Å². The summed E-state index contributed by atoms with van der Waals surface area (Å²) in [4.78, 5) is 0. The van der Waals surface area contributed by atoms with E-state index in [4.69, 9.17) is 16.7 Å². The number of sulfonamides is 1. The molecule has 2 N–H and O–H groups in total. The first-order chi connectivity index (χ1) is 7.05. The Morgan fingerprint density at radius 1 is 1.33 bits per heavy atom. The molecule has 0 heterocycles. The highest BCUT2D eigenvalue weighted by molar-refractivity contribution is 7.88. The number of rotatable bonds is 5. The van der Waals surface area contributed by atoms with E-state index in [1.807, 2.05) is 0 Å². The van der Waals surface area contributed by atoms with E-state index < -0.39 is 10.0 Å². The van der Waals surface area contributed by atoms with Crippen LogP contribution in [0.5, 0.6) is 0 Å². The molecule has 0 spiro atoms. The molecule has 0 bridgehead atoms. The van der Waals surface area contributed by atoms with Gasteiger partial charge in [0.15, 0.2) is 0 Å². The zero-order valence-corrected chi connectivity index (χ0v) is 9.55. The van der Waals surface area contributed by atoms with E-state index in [0.717, 1.165) is 0 Å². The van der Waals surface area contributed by atoms with Crippen LogP contribution in [0.3, 0.4) is 0 Å². The number of nitrogens with one attached hydrogen (secondary N) is 1. The van der Waals surface area contributed by atoms with Gasteiger partial charge in [-0.1, -0.05) is 29.8 Å². The Hall–Kier alpha value is -0.620. The van der Waals surface area contributed by atoms with Crippen molar-refractivity contribution in [3.63, 3.8) is 0 Å². The first kappa shape index (κ1) is 12.4. The molecule has 0 aliphatic heterocycles. The zero-order valence-electron chi connectivity index (χ0n) is 7.98. The molecule has 0 aliphatic rings. The maximum Gasteiger partial charge on any atom is 0.215 e. The summed E-state index contributed by atoms with van der Waals surface area (Å²) in [7, 11) is -3.41. The number of benzene rings is 1. The number of aliphatic hydroxyl groups excluding tert-OH is 1. The van der Waals surface area contributed by atoms with Crippen molar-refractivity contribution < 1.29 is 13.5 Å². The van der Waals surface area contributed by atoms with Crippen LogP contribution in [0.4, 0.5) is 0 Å². The standard InChI is InChI=1S/C9H12ClNO3S/c10-9-4-2-1-3-8(9)7-15(13,14)11-5-6-12/h1-4,11-12H,5-7H2. The van der Waals surface area contributed by atoms with E-state index >= 15 is 0 Å². The highest BCUT2D eigenvalue weighted by atomic mass is 35.5. The van der Waals surface area contributed by atoms with Gasteiger partial charge in [0.1, 0.15) is 0 Å². The third-order valence-electron chi connectivity index (χ3n) is 1.74. The number of halogens is 1. The van der Waals surface area contributed by atoms with E-state index in [1.54, 1.807) is 24.3 Å². The molecule has 1 aromatic carbocycles. The molecule has 0 aromatic heterocycles. The summed E-state index contributed by atoms with van der Waals surface area (Å²) >= 11 is 5.82. The zero-order chi connectivity index (χ0) is 11.3. The van der Waals surface area contributed by atoms with E-state index in [-0.39, 0.29) is 18.9 Å². The quantitative estimate of drug-likeness (QED) is 0.809. The van der Waals surface area contributed by atoms with E-state index in [1.165, 1.54) is 0 Å². The van der Waals surface area contributed by atoms with E-state index in [0.29, 0.717) is 10.6 Å². The Morgan fingerprint density at radius 2 is 2.00 bits per heavy atom. The third kappa shape index (κ3) is 4.17. The molecule has 0 saturated heterocycles. The summed E-state index contributed by atoms with van der Waals surface area (Å²) in [6.45, 7) is -0.200. The van der Waals surface area contributed by atoms with Crippen molar-refractivity contribution in [2.75, 3.05) is 13.2 Å². The van der Waals surface area contributed by atoms with Gasteiger partial charge in [0.2, 0.25) is 10.0 Å². The number of hydrogen-bond donors (Lipinski definition) is 2. The minimum Gasteiger partial charge on any atom is -0.395 e. The lowest BCUT2D eigenvalue weighted by Crippen LogP contribution is -2.27. The van der Waals surface area contributed by atoms with Gasteiger partial charge in [-0.25, -0.2) is 13.1 Å². The summed E-state index contributed by atoms with van der Waals surface area (Å²) in [6, 6.07) is 6.75. The Kier molecular flexibility index (Phi) is 4.53. The molecule has 0 radical (unpaired) electrons. The van der Waals surface area contributed by atoms with Gasteiger partial charge in [-0.2, -0.15) is 0 Å². The Balaban J connectivity index is 2.74. The third-order valence-corrected chi connectivity index (χ3v) is 3.44. The van der Waals surface area contributed by atoms with Crippen molar-refractivity contribution >= 4 is 21.6 Å². The van der Waals surface area contributed by atoms with Crippen LogP contribution in [0.2, 0.25) is 5.02 Å². The van der Waals surface area contributed by atoms with Crippen LogP contribution in [0.15, 0.2) is 24.3 Å². The average Bonchev–Trinajstić information content (AvgIpc) is 2.18. The van der Waals surface area contributed by atoms with Crippen molar-refractivity contribution in [3.8, 4) is 0 Å². The summed E-state index contributed by atoms with van der Waals surface area (Å²) in [6.07, 6.45) is 0. The summed E-state index contributed by atoms with van der Waals surface area (Å²) in [5.74, 6) is -0.174. The van der Waals surface area contributed by atoms with E-state index in [2.05, 4.69) is 4.72 Å². The molecule has 1 rings (SSSR count). The van der Waals surface area contributed by atoms with Gasteiger partial charge >= 0.3 is 0 Å². The van der Waals surface area contributed by atoms with Crippen molar-refractivity contribution in [2.24, 2.45) is 0 Å². The monoisotopic (exact) mass is 249 g/mol. The topological polar surface area (TPSA) is 66.4 Å². The molecule has 0 unspecified atom stereocenters. The molecule has 0 aliphatic carbocycles. The SMILES string of the molecule is O=S(=O)(Cc1ccccc1Cl)NCCO. The molecule has 0 amide bonds. The first-order valence-electron chi connectivity index (χ1n) is 4.37. The maximum atomic E-state index is 11.4. The van der Waals surface area contributed by atoms with Crippen molar-refractivity contribution in [1.29, 1.82) is 0 Å². The van der Waals surface area contributed by atoms with Crippen LogP contribution in [0.25, 0.3) is 0 Å². The lowest BCUT2D eigenvalue weighted by Gasteiger charge is -2.06. The maximum absolute atomic E-state index is 11.4. The second-order valence-corrected chi connectivity index (χ2v) is 5.18. The second-order valence-electron chi connectivity index (χ2n) is 2.97. The fourth-order valence-electron chi connectivity index (χ4n) is 1.07. The summed E-state index contributed by atoms with van der Waals surface area (Å²) in [5.41, 5.74) is 0.546. The Bertz CT molecular complexity index is 419. The average molecular weight is 250 g/mol. The Labute approximate surface area is 93.9 Å². The van der Waals surface area contributed by atoms with E-state index in [9.17, 15) is 8.42 Å². The molecular formula is C9H12ClNO3S. The van der Waals surface area contributed by atoms with Crippen LogP contribution in [0.1, 0.15) is 5.56 Å². The molecule has 0 fully saturated rings. The van der Waals surface area contributed by atoms with Gasteiger partial charge in [0, 0.05) is 11.6 Å². The molecule has 84 valence electrons. The lowest BCUT2D eigenvalue weighted by molar-refractivity contribution is 0.301. The van der Waals surface area contributed by atoms with Crippen molar-refractivity contribution in [1.82, 2.24) is 4.72 Å². The normalized spacial score (nSPS) is 11.6. The molecule has 6 heteroatoms. The van der Waals surface area contributed by atoms with Gasteiger partial charge in [-0.3, -0.25) is 0 Å². The molecule has 15 heavy (non-hydrogen) atoms. The van der Waals surface area contributed by atoms with Crippen LogP contribution in [0, 0.1) is 0 Å². The minimum absolute atomic E-state index is 0.0206. The predicted octanol–water partition coefficient (Wildman–Crippen LogP) is 0.752. The van der Waals surface area contributed by atoms with Crippen molar-refractivity contribution in [2.45, 2.75) is 5.75 Å². The van der Waals surface area contributed by atoms with Crippen molar-refractivity contribution in [3.05, 3.63) is 34.9 Å². The largest absolute Gasteiger partial charge is 0.395 e. The van der Waals surface area contributed by atoms with Gasteiger partial charge in [0.25, 0.3) is 0 Å². The minimum atomic E-state index is -3.41. The summed E-state index contributed by atoms with van der Waals surface area (Å²) in [5, 5.41) is 8.92. The van der Waals surface area contributed by atoms with Crippen LogP contribution < -0.4 is 4.72 Å². The van der Waals surface area contributed by atoms with Gasteiger partial charge in [-0.05, 0) is 11.6 Å². The van der Waals surface area contributed by atoms with Crippen LogP contribution >= 0.6 is 11.6 Å². The molecule has 0 atom stereocenters. The molecular weight excluding hydrogens is 238 g/mol. The van der Waals surface area contributed by atoms with Gasteiger partial charge < -0.3 is 5.11 Å². The fraction of sp³-hybridized carbons (Fsp3) is 0.333. The van der Waals surface area contributed by atoms with Gasteiger partial charge in [-0.15, -0.1) is 0 Å². The molecule has 4 nitrogen and oxygen atoms in total. The molecule has 0 saturated carbocycles. The lowest BCUT2D eigenvalue weighted by atomic mass is 10.2. The molecule has 1 aromatic rings. The highest BCUT2D eigenvalue weighted by Gasteiger charge is 2.12. The van der Waals surface area contributed by atoms with Crippen LogP contribution in [-0.2, 0) is 15.8 Å². The highest BCUT2D eigenvalue weighted by Crippen LogP contribution is 2.16. The van der Waals surface area contributed by atoms with Gasteiger partial charge in [0.05, 0.1) is 12.4 Å². The second kappa shape index (κ2) is 5.46. The first-order valence-corrected chi connectivity index (χ1v) is 6.40. The smallest absolute Gasteiger partial charge is 0.215 e. The summed E-state index contributed by atoms with van der Waals surface area (Å²) < 4.78 is 25.1. The Morgan fingerprint density at radius 3 is 2.60 bits per heavy atom. The number of aliphatic hydroxyl groups is 1. The fourth-order valence-corrected chi connectivity index (χ4v) is 2.52. The number of hydrogen-bond acceptors (Lipinski definition) is 3.